The van der Waals surface area contributed by atoms with E-state index in [0.29, 0.717) is 5.75 Å². The van der Waals surface area contributed by atoms with Gasteiger partial charge in [0.1, 0.15) is 12.4 Å². The molecule has 5 heteroatoms. The summed E-state index contributed by atoms with van der Waals surface area (Å²) in [6, 6.07) is 4.67. The first-order valence-electron chi connectivity index (χ1n) is 6.09. The highest BCUT2D eigenvalue weighted by molar-refractivity contribution is 7.89. The van der Waals surface area contributed by atoms with Crippen LogP contribution < -0.4 is 9.88 Å². The quantitative estimate of drug-likeness (QED) is 0.842. The van der Waals surface area contributed by atoms with E-state index < -0.39 is 10.0 Å². The highest BCUT2D eigenvalue weighted by atomic mass is 32.2. The molecule has 0 fully saturated rings. The van der Waals surface area contributed by atoms with Gasteiger partial charge in [-0.15, -0.1) is 5.92 Å². The Labute approximate surface area is 115 Å². The van der Waals surface area contributed by atoms with E-state index in [-0.39, 0.29) is 17.4 Å². The third kappa shape index (κ3) is 4.27. The van der Waals surface area contributed by atoms with Gasteiger partial charge in [-0.2, -0.15) is 0 Å². The second kappa shape index (κ2) is 6.60. The molecule has 1 aromatic rings. The van der Waals surface area contributed by atoms with Crippen molar-refractivity contribution >= 4 is 10.0 Å². The van der Waals surface area contributed by atoms with Crippen LogP contribution in [0.4, 0.5) is 0 Å². The molecule has 2 N–H and O–H groups in total. The van der Waals surface area contributed by atoms with Crippen molar-refractivity contribution in [3.05, 3.63) is 23.8 Å². The Morgan fingerprint density at radius 3 is 2.63 bits per heavy atom. The van der Waals surface area contributed by atoms with Crippen LogP contribution in [0, 0.1) is 11.8 Å². The molecular weight excluding hydrogens is 262 g/mol. The van der Waals surface area contributed by atoms with Gasteiger partial charge >= 0.3 is 0 Å². The third-order valence-corrected chi connectivity index (χ3v) is 3.84. The van der Waals surface area contributed by atoms with Gasteiger partial charge in [0, 0.05) is 0 Å². The first kappa shape index (κ1) is 15.5. The maximum absolute atomic E-state index is 11.4. The van der Waals surface area contributed by atoms with Crippen molar-refractivity contribution in [2.45, 2.75) is 38.0 Å². The second-order valence-corrected chi connectivity index (χ2v) is 5.83. The van der Waals surface area contributed by atoms with Gasteiger partial charge in [0.25, 0.3) is 0 Å². The smallest absolute Gasteiger partial charge is 0.238 e. The molecule has 1 unspecified atom stereocenters. The second-order valence-electron chi connectivity index (χ2n) is 4.27. The van der Waals surface area contributed by atoms with Gasteiger partial charge in [0.15, 0.2) is 0 Å². The average molecular weight is 281 g/mol. The molecule has 0 saturated carbocycles. The minimum Gasteiger partial charge on any atom is -0.481 e. The Morgan fingerprint density at radius 1 is 1.42 bits per heavy atom. The number of rotatable bonds is 5. The molecule has 4 nitrogen and oxygen atoms in total. The van der Waals surface area contributed by atoms with Crippen LogP contribution in [0.3, 0.4) is 0 Å². The van der Waals surface area contributed by atoms with Crippen molar-refractivity contribution in [2.24, 2.45) is 5.14 Å². The molecule has 0 aliphatic rings. The van der Waals surface area contributed by atoms with Gasteiger partial charge in [-0.25, -0.2) is 13.6 Å². The van der Waals surface area contributed by atoms with E-state index in [1.54, 1.807) is 19.1 Å². The van der Waals surface area contributed by atoms with Crippen LogP contribution in [-0.4, -0.2) is 15.0 Å². The van der Waals surface area contributed by atoms with Crippen LogP contribution in [0.25, 0.3) is 0 Å². The zero-order valence-electron chi connectivity index (χ0n) is 11.4. The third-order valence-electron chi connectivity index (χ3n) is 2.93. The summed E-state index contributed by atoms with van der Waals surface area (Å²) in [5, 5.41) is 5.15. The van der Waals surface area contributed by atoms with Crippen molar-refractivity contribution in [2.75, 3.05) is 6.61 Å². The number of hydrogen-bond acceptors (Lipinski definition) is 3. The summed E-state index contributed by atoms with van der Waals surface area (Å²) in [5.74, 6) is 6.40. The summed E-state index contributed by atoms with van der Waals surface area (Å²) >= 11 is 0. The summed E-state index contributed by atoms with van der Waals surface area (Å²) < 4.78 is 28.3. The van der Waals surface area contributed by atoms with Crippen LogP contribution >= 0.6 is 0 Å². The molecule has 1 aromatic carbocycles. The Kier molecular flexibility index (Phi) is 5.40. The van der Waals surface area contributed by atoms with E-state index in [1.165, 1.54) is 6.07 Å². The van der Waals surface area contributed by atoms with E-state index >= 15 is 0 Å². The van der Waals surface area contributed by atoms with Gasteiger partial charge in [0.05, 0.1) is 4.90 Å². The zero-order chi connectivity index (χ0) is 14.5. The van der Waals surface area contributed by atoms with Crippen LogP contribution in [0.5, 0.6) is 5.75 Å². The van der Waals surface area contributed by atoms with Gasteiger partial charge in [-0.1, -0.05) is 19.8 Å². The topological polar surface area (TPSA) is 69.4 Å². The molecule has 0 radical (unpaired) electrons. The first-order valence-corrected chi connectivity index (χ1v) is 7.64. The monoisotopic (exact) mass is 281 g/mol. The molecule has 19 heavy (non-hydrogen) atoms. The maximum Gasteiger partial charge on any atom is 0.238 e. The molecule has 0 aromatic heterocycles. The minimum atomic E-state index is -3.69. The van der Waals surface area contributed by atoms with Crippen LogP contribution in [0.1, 0.15) is 38.7 Å². The molecular formula is C14H19NO3S. The van der Waals surface area contributed by atoms with Crippen molar-refractivity contribution in [1.29, 1.82) is 0 Å². The maximum atomic E-state index is 11.4. The van der Waals surface area contributed by atoms with Gasteiger partial charge in [-0.3, -0.25) is 0 Å². The molecule has 0 heterocycles. The fourth-order valence-corrected chi connectivity index (χ4v) is 2.17. The molecule has 1 atom stereocenters. The van der Waals surface area contributed by atoms with Crippen LogP contribution in [0.2, 0.25) is 0 Å². The normalized spacial score (nSPS) is 12.4. The lowest BCUT2D eigenvalue weighted by Gasteiger charge is -2.15. The lowest BCUT2D eigenvalue weighted by Crippen LogP contribution is -2.13. The minimum absolute atomic E-state index is 0.108. The molecule has 0 bridgehead atoms. The lowest BCUT2D eigenvalue weighted by molar-refractivity contribution is 0.363. The number of ether oxygens (including phenoxy) is 1. The summed E-state index contributed by atoms with van der Waals surface area (Å²) in [5.41, 5.74) is 0.840. The average Bonchev–Trinajstić information content (AvgIpc) is 2.37. The largest absolute Gasteiger partial charge is 0.481 e. The van der Waals surface area contributed by atoms with E-state index in [9.17, 15) is 8.42 Å². The van der Waals surface area contributed by atoms with E-state index in [4.69, 9.17) is 9.88 Å². The first-order chi connectivity index (χ1) is 8.90. The van der Waals surface area contributed by atoms with Crippen molar-refractivity contribution in [1.82, 2.24) is 0 Å². The van der Waals surface area contributed by atoms with Crippen LogP contribution in [0.15, 0.2) is 23.1 Å². The predicted octanol–water partition coefficient (Wildman–Crippen LogP) is 2.25. The Morgan fingerprint density at radius 2 is 2.11 bits per heavy atom. The van der Waals surface area contributed by atoms with E-state index in [1.807, 2.05) is 13.8 Å². The summed E-state index contributed by atoms with van der Waals surface area (Å²) in [6.45, 7) is 6.07. The molecule has 0 aliphatic carbocycles. The Bertz CT molecular complexity index is 597. The van der Waals surface area contributed by atoms with Crippen molar-refractivity contribution in [3.8, 4) is 17.6 Å². The number of primary sulfonamides is 1. The van der Waals surface area contributed by atoms with E-state index in [0.717, 1.165) is 12.0 Å². The number of sulfonamides is 1. The summed E-state index contributed by atoms with van der Waals surface area (Å²) in [6.07, 6.45) is 0.879. The Hall–Kier alpha value is -1.51. The molecule has 0 amide bonds. The molecule has 104 valence electrons. The summed E-state index contributed by atoms with van der Waals surface area (Å²) in [4.78, 5) is 0.108. The van der Waals surface area contributed by atoms with Crippen LogP contribution in [-0.2, 0) is 10.0 Å². The SMILES string of the molecule is CC#CCOc1ccc(S(N)(=O)=O)cc1C(C)CC. The number of benzene rings is 1. The fourth-order valence-electron chi connectivity index (χ4n) is 1.63. The zero-order valence-corrected chi connectivity index (χ0v) is 12.3. The lowest BCUT2D eigenvalue weighted by atomic mass is 9.98. The summed E-state index contributed by atoms with van der Waals surface area (Å²) in [7, 11) is -3.69. The fraction of sp³-hybridized carbons (Fsp3) is 0.429. The molecule has 0 spiro atoms. The van der Waals surface area contributed by atoms with Gasteiger partial charge in [0.2, 0.25) is 10.0 Å². The molecule has 0 aliphatic heterocycles. The highest BCUT2D eigenvalue weighted by Gasteiger charge is 2.15. The van der Waals surface area contributed by atoms with Gasteiger partial charge < -0.3 is 4.74 Å². The van der Waals surface area contributed by atoms with Crippen molar-refractivity contribution < 1.29 is 13.2 Å². The van der Waals surface area contributed by atoms with Gasteiger partial charge in [-0.05, 0) is 43.0 Å². The highest BCUT2D eigenvalue weighted by Crippen LogP contribution is 2.30. The predicted molar refractivity (Wildman–Crippen MR) is 75.5 cm³/mol. The van der Waals surface area contributed by atoms with Crippen molar-refractivity contribution in [3.63, 3.8) is 0 Å². The molecule has 0 saturated heterocycles. The number of hydrogen-bond donors (Lipinski definition) is 1. The van der Waals surface area contributed by atoms with E-state index in [2.05, 4.69) is 11.8 Å². The number of nitrogens with two attached hydrogens (primary N) is 1. The Balaban J connectivity index is 3.19. The molecule has 1 rings (SSSR count). The standard InChI is InChI=1S/C14H19NO3S/c1-4-6-9-18-14-8-7-12(19(15,16)17)10-13(14)11(3)5-2/h7-8,10-11H,5,9H2,1-3H3,(H2,15,16,17).